The largest absolute Gasteiger partial charge is 0.497 e. The van der Waals surface area contributed by atoms with Crippen molar-refractivity contribution < 1.29 is 4.74 Å². The zero-order chi connectivity index (χ0) is 20.2. The normalized spacial score (nSPS) is 10.9. The molecule has 0 amide bonds. The van der Waals surface area contributed by atoms with Gasteiger partial charge >= 0.3 is 0 Å². The molecule has 0 spiro atoms. The Morgan fingerprint density at radius 3 is 2.34 bits per heavy atom. The molecule has 0 N–H and O–H groups in total. The third-order valence-electron chi connectivity index (χ3n) is 4.35. The highest BCUT2D eigenvalue weighted by Gasteiger charge is 2.17. The van der Waals surface area contributed by atoms with Gasteiger partial charge in [0.25, 0.3) is 0 Å². The Bertz CT molecular complexity index is 1110. The van der Waals surface area contributed by atoms with Gasteiger partial charge in [0.15, 0.2) is 11.0 Å². The molecule has 0 aliphatic rings. The van der Waals surface area contributed by atoms with Gasteiger partial charge < -0.3 is 4.74 Å². The van der Waals surface area contributed by atoms with Crippen LogP contribution in [-0.2, 0) is 5.75 Å². The van der Waals surface area contributed by atoms with Crippen LogP contribution in [0.15, 0.2) is 78.0 Å². The van der Waals surface area contributed by atoms with Crippen LogP contribution < -0.4 is 4.74 Å². The number of thioether (sulfide) groups is 1. The first-order valence-electron chi connectivity index (χ1n) is 8.87. The summed E-state index contributed by atoms with van der Waals surface area (Å²) >= 11 is 14.0. The van der Waals surface area contributed by atoms with Crippen molar-refractivity contribution in [1.82, 2.24) is 14.8 Å². The summed E-state index contributed by atoms with van der Waals surface area (Å²) in [5.41, 5.74) is 2.99. The average molecular weight is 442 g/mol. The summed E-state index contributed by atoms with van der Waals surface area (Å²) in [6.07, 6.45) is 0. The van der Waals surface area contributed by atoms with Crippen molar-refractivity contribution in [3.05, 3.63) is 88.4 Å². The lowest BCUT2D eigenvalue weighted by molar-refractivity contribution is 0.415. The number of methoxy groups -OCH3 is 1. The minimum atomic E-state index is 0.484. The summed E-state index contributed by atoms with van der Waals surface area (Å²) in [6, 6.07) is 23.5. The van der Waals surface area contributed by atoms with Crippen LogP contribution in [0.25, 0.3) is 17.1 Å². The Morgan fingerprint density at radius 1 is 0.897 bits per heavy atom. The van der Waals surface area contributed by atoms with Gasteiger partial charge in [0, 0.05) is 11.3 Å². The molecule has 0 aliphatic carbocycles. The Kier molecular flexibility index (Phi) is 6.09. The number of rotatable bonds is 6. The van der Waals surface area contributed by atoms with Gasteiger partial charge in [-0.2, -0.15) is 0 Å². The van der Waals surface area contributed by atoms with Crippen LogP contribution in [0.1, 0.15) is 5.56 Å². The van der Waals surface area contributed by atoms with Crippen LogP contribution in [-0.4, -0.2) is 21.9 Å². The van der Waals surface area contributed by atoms with Crippen molar-refractivity contribution in [3.8, 4) is 22.8 Å². The molecule has 4 nitrogen and oxygen atoms in total. The van der Waals surface area contributed by atoms with Gasteiger partial charge in [-0.15, -0.1) is 10.2 Å². The lowest BCUT2D eigenvalue weighted by Crippen LogP contribution is -2.00. The van der Waals surface area contributed by atoms with E-state index in [0.29, 0.717) is 10.0 Å². The molecule has 0 radical (unpaired) electrons. The Labute approximate surface area is 183 Å². The minimum absolute atomic E-state index is 0.484. The van der Waals surface area contributed by atoms with E-state index in [4.69, 9.17) is 27.9 Å². The van der Waals surface area contributed by atoms with Crippen LogP contribution in [0, 0.1) is 0 Å². The second-order valence-electron chi connectivity index (χ2n) is 6.24. The zero-order valence-corrected chi connectivity index (χ0v) is 17.9. The summed E-state index contributed by atoms with van der Waals surface area (Å²) in [7, 11) is 1.64. The quantitative estimate of drug-likeness (QED) is 0.318. The summed E-state index contributed by atoms with van der Waals surface area (Å²) in [4.78, 5) is 0. The van der Waals surface area contributed by atoms with E-state index >= 15 is 0 Å². The first-order chi connectivity index (χ1) is 14.2. The van der Waals surface area contributed by atoms with Crippen molar-refractivity contribution in [2.45, 2.75) is 10.9 Å². The fraction of sp³-hybridized carbons (Fsp3) is 0.0909. The van der Waals surface area contributed by atoms with Crippen LogP contribution in [0.5, 0.6) is 5.75 Å². The van der Waals surface area contributed by atoms with Crippen molar-refractivity contribution in [1.29, 1.82) is 0 Å². The third kappa shape index (κ3) is 4.42. The first-order valence-corrected chi connectivity index (χ1v) is 10.6. The van der Waals surface area contributed by atoms with Crippen LogP contribution in [0.4, 0.5) is 0 Å². The number of ether oxygens (including phenoxy) is 1. The predicted octanol–water partition coefficient (Wildman–Crippen LogP) is 6.54. The van der Waals surface area contributed by atoms with Crippen molar-refractivity contribution in [2.24, 2.45) is 0 Å². The molecule has 4 aromatic rings. The Morgan fingerprint density at radius 2 is 1.66 bits per heavy atom. The maximum Gasteiger partial charge on any atom is 0.196 e. The highest BCUT2D eigenvalue weighted by Crippen LogP contribution is 2.33. The van der Waals surface area contributed by atoms with Crippen LogP contribution in [0.2, 0.25) is 10.0 Å². The smallest absolute Gasteiger partial charge is 0.196 e. The zero-order valence-electron chi connectivity index (χ0n) is 15.5. The maximum absolute atomic E-state index is 6.28. The van der Waals surface area contributed by atoms with Gasteiger partial charge in [0.2, 0.25) is 0 Å². The van der Waals surface area contributed by atoms with Gasteiger partial charge in [-0.25, -0.2) is 0 Å². The molecule has 0 saturated carbocycles. The van der Waals surface area contributed by atoms with E-state index in [0.717, 1.165) is 33.7 Å². The molecule has 7 heteroatoms. The number of hydrogen-bond donors (Lipinski definition) is 0. The number of benzene rings is 3. The maximum atomic E-state index is 6.28. The van der Waals surface area contributed by atoms with Gasteiger partial charge in [-0.1, -0.05) is 65.3 Å². The Hall–Kier alpha value is -2.47. The van der Waals surface area contributed by atoms with E-state index in [1.54, 1.807) is 24.9 Å². The fourth-order valence-corrected chi connectivity index (χ4v) is 4.07. The van der Waals surface area contributed by atoms with Crippen LogP contribution in [0.3, 0.4) is 0 Å². The first kappa shape index (κ1) is 19.8. The molecular formula is C22H17Cl2N3OS. The van der Waals surface area contributed by atoms with E-state index in [9.17, 15) is 0 Å². The van der Waals surface area contributed by atoms with Gasteiger partial charge in [-0.3, -0.25) is 4.57 Å². The summed E-state index contributed by atoms with van der Waals surface area (Å²) < 4.78 is 7.26. The van der Waals surface area contributed by atoms with E-state index in [2.05, 4.69) is 22.3 Å². The number of hydrogen-bond acceptors (Lipinski definition) is 4. The highest BCUT2D eigenvalue weighted by molar-refractivity contribution is 7.98. The molecule has 1 aromatic heterocycles. The molecule has 146 valence electrons. The highest BCUT2D eigenvalue weighted by atomic mass is 35.5. The molecule has 0 atom stereocenters. The monoisotopic (exact) mass is 441 g/mol. The summed E-state index contributed by atoms with van der Waals surface area (Å²) in [5.74, 6) is 2.29. The molecule has 4 rings (SSSR count). The molecule has 1 heterocycles. The Balaban J connectivity index is 1.76. The lowest BCUT2D eigenvalue weighted by atomic mass is 10.2. The third-order valence-corrected chi connectivity index (χ3v) is 6.09. The van der Waals surface area contributed by atoms with E-state index < -0.39 is 0 Å². The predicted molar refractivity (Wildman–Crippen MR) is 119 cm³/mol. The van der Waals surface area contributed by atoms with Gasteiger partial charge in [0.05, 0.1) is 22.8 Å². The summed E-state index contributed by atoms with van der Waals surface area (Å²) in [6.45, 7) is 0. The van der Waals surface area contributed by atoms with Gasteiger partial charge in [0.1, 0.15) is 5.75 Å². The molecule has 0 saturated heterocycles. The second kappa shape index (κ2) is 8.91. The van der Waals surface area contributed by atoms with Crippen molar-refractivity contribution >= 4 is 35.0 Å². The van der Waals surface area contributed by atoms with E-state index in [1.807, 2.05) is 59.2 Å². The molecular weight excluding hydrogens is 425 g/mol. The number of nitrogens with zero attached hydrogens (tertiary/aromatic N) is 3. The SMILES string of the molecule is COc1ccc(-c2nnc(SCc3ccccc3)n2-c2ccc(Cl)c(Cl)c2)cc1. The average Bonchev–Trinajstić information content (AvgIpc) is 3.19. The van der Waals surface area contributed by atoms with Gasteiger partial charge in [-0.05, 0) is 48.0 Å². The lowest BCUT2D eigenvalue weighted by Gasteiger charge is -2.12. The molecule has 0 unspecified atom stereocenters. The molecule has 3 aromatic carbocycles. The second-order valence-corrected chi connectivity index (χ2v) is 8.00. The molecule has 0 aliphatic heterocycles. The van der Waals surface area contributed by atoms with E-state index in [-0.39, 0.29) is 0 Å². The number of aromatic nitrogens is 3. The number of halogens is 2. The molecule has 0 bridgehead atoms. The molecule has 29 heavy (non-hydrogen) atoms. The standard InChI is InChI=1S/C22H17Cl2N3OS/c1-28-18-10-7-16(8-11-18)21-25-26-22(29-14-15-5-3-2-4-6-15)27(21)17-9-12-19(23)20(24)13-17/h2-13H,14H2,1H3. The van der Waals surface area contributed by atoms with Crippen molar-refractivity contribution in [2.75, 3.05) is 7.11 Å². The van der Waals surface area contributed by atoms with Crippen LogP contribution >= 0.6 is 35.0 Å². The minimum Gasteiger partial charge on any atom is -0.497 e. The summed E-state index contributed by atoms with van der Waals surface area (Å²) in [5, 5.41) is 10.7. The topological polar surface area (TPSA) is 39.9 Å². The van der Waals surface area contributed by atoms with Crippen molar-refractivity contribution in [3.63, 3.8) is 0 Å². The molecule has 0 fully saturated rings. The fourth-order valence-electron chi connectivity index (χ4n) is 2.87. The van der Waals surface area contributed by atoms with E-state index in [1.165, 1.54) is 5.56 Å².